The Hall–Kier alpha value is -3.28. The van der Waals surface area contributed by atoms with Crippen molar-refractivity contribution in [3.05, 3.63) is 88.7 Å². The zero-order valence-electron chi connectivity index (χ0n) is 23.8. The first kappa shape index (κ1) is 29.7. The van der Waals surface area contributed by atoms with Gasteiger partial charge in [-0.2, -0.15) is 0 Å². The third-order valence-corrected chi connectivity index (χ3v) is 8.29. The lowest BCUT2D eigenvalue weighted by Gasteiger charge is -2.30. The van der Waals surface area contributed by atoms with E-state index in [1.165, 1.54) is 13.2 Å². The quantitative estimate of drug-likeness (QED) is 0.222. The van der Waals surface area contributed by atoms with Crippen molar-refractivity contribution in [3.8, 4) is 16.9 Å². The van der Waals surface area contributed by atoms with Crippen molar-refractivity contribution in [2.75, 3.05) is 7.11 Å². The van der Waals surface area contributed by atoms with Gasteiger partial charge in [-0.05, 0) is 83.0 Å². The largest absolute Gasteiger partial charge is 0.489 e. The second-order valence-electron chi connectivity index (χ2n) is 11.5. The minimum absolute atomic E-state index is 0.00723. The lowest BCUT2D eigenvalue weighted by molar-refractivity contribution is -0.141. The molecule has 1 saturated carbocycles. The van der Waals surface area contributed by atoms with Crippen molar-refractivity contribution in [2.24, 2.45) is 5.41 Å². The Morgan fingerprint density at radius 1 is 1.02 bits per heavy atom. The highest BCUT2D eigenvalue weighted by Crippen LogP contribution is 2.51. The number of hydrogen-bond acceptors (Lipinski definition) is 3. The summed E-state index contributed by atoms with van der Waals surface area (Å²) in [5, 5.41) is 0. The number of rotatable bonds is 11. The van der Waals surface area contributed by atoms with Crippen LogP contribution in [-0.2, 0) is 16.1 Å². The van der Waals surface area contributed by atoms with Crippen LogP contribution in [0.1, 0.15) is 99.8 Å². The number of alkyl halides is 2. The summed E-state index contributed by atoms with van der Waals surface area (Å²) in [7, 11) is 1.40. The van der Waals surface area contributed by atoms with Crippen LogP contribution in [0.2, 0.25) is 0 Å². The molecule has 3 nitrogen and oxygen atoms in total. The number of halogens is 3. The molecule has 0 radical (unpaired) electrons. The summed E-state index contributed by atoms with van der Waals surface area (Å²) in [6.07, 6.45) is 2.53. The number of hydrogen-bond donors (Lipinski definition) is 0. The summed E-state index contributed by atoms with van der Waals surface area (Å²) in [5.41, 5.74) is 3.63. The van der Waals surface area contributed by atoms with Gasteiger partial charge in [-0.15, -0.1) is 0 Å². The Balaban J connectivity index is 1.63. The van der Waals surface area contributed by atoms with Crippen LogP contribution in [0, 0.1) is 11.2 Å². The number of carbonyl (C=O) groups is 1. The van der Waals surface area contributed by atoms with E-state index in [-0.39, 0.29) is 34.3 Å². The zero-order valence-corrected chi connectivity index (χ0v) is 23.8. The first-order chi connectivity index (χ1) is 19.1. The van der Waals surface area contributed by atoms with Crippen LogP contribution in [0.15, 0.2) is 60.7 Å². The molecule has 1 fully saturated rings. The second kappa shape index (κ2) is 12.9. The predicted molar refractivity (Wildman–Crippen MR) is 152 cm³/mol. The molecular weight excluding hydrogens is 513 g/mol. The fourth-order valence-corrected chi connectivity index (χ4v) is 6.07. The molecule has 1 aliphatic rings. The average molecular weight is 553 g/mol. The molecular formula is C34H39F3O3. The Morgan fingerprint density at radius 3 is 2.50 bits per heavy atom. The normalized spacial score (nSPS) is 17.1. The van der Waals surface area contributed by atoms with E-state index < -0.39 is 12.2 Å². The maximum absolute atomic E-state index is 15.0. The molecule has 0 bridgehead atoms. The standard InChI is InChI=1S/C34H39F3O3/c1-5-8-23(20-32(38)39-4)24-9-6-10-26(18-24)40-21-22-12-14-27(28(17-22)30-11-7-16-34(30,2)3)29-19-25(33(36)37)13-15-31(29)35/h6,9-10,12-15,17-19,23,30,33H,5,7-8,11,16,20-21H2,1-4H3/t23-,30-/m0/s1. The van der Waals surface area contributed by atoms with Crippen molar-refractivity contribution < 1.29 is 27.4 Å². The third-order valence-electron chi connectivity index (χ3n) is 8.29. The smallest absolute Gasteiger partial charge is 0.306 e. The van der Waals surface area contributed by atoms with Crippen molar-refractivity contribution in [1.29, 1.82) is 0 Å². The van der Waals surface area contributed by atoms with Gasteiger partial charge in [0, 0.05) is 11.1 Å². The molecule has 0 aromatic heterocycles. The van der Waals surface area contributed by atoms with E-state index >= 15 is 4.39 Å². The number of ether oxygens (including phenoxy) is 2. The molecule has 0 heterocycles. The van der Waals surface area contributed by atoms with Gasteiger partial charge in [0.05, 0.1) is 13.5 Å². The van der Waals surface area contributed by atoms with Gasteiger partial charge in [-0.25, -0.2) is 13.2 Å². The zero-order chi connectivity index (χ0) is 28.9. The first-order valence-electron chi connectivity index (χ1n) is 14.1. The van der Waals surface area contributed by atoms with Crippen molar-refractivity contribution in [3.63, 3.8) is 0 Å². The molecule has 0 saturated heterocycles. The second-order valence-corrected chi connectivity index (χ2v) is 11.5. The van der Waals surface area contributed by atoms with E-state index in [9.17, 15) is 13.6 Å². The molecule has 2 atom stereocenters. The molecule has 4 rings (SSSR count). The van der Waals surface area contributed by atoms with Crippen LogP contribution in [0.25, 0.3) is 11.1 Å². The summed E-state index contributed by atoms with van der Waals surface area (Å²) in [4.78, 5) is 11.9. The van der Waals surface area contributed by atoms with E-state index in [1.54, 1.807) is 0 Å². The Morgan fingerprint density at radius 2 is 1.82 bits per heavy atom. The summed E-state index contributed by atoms with van der Waals surface area (Å²) in [6, 6.07) is 17.2. The van der Waals surface area contributed by atoms with E-state index in [2.05, 4.69) is 26.8 Å². The first-order valence-corrected chi connectivity index (χ1v) is 14.1. The Labute approximate surface area is 235 Å². The maximum atomic E-state index is 15.0. The van der Waals surface area contributed by atoms with E-state index in [0.717, 1.165) is 60.9 Å². The molecule has 214 valence electrons. The molecule has 0 aliphatic heterocycles. The number of esters is 1. The minimum Gasteiger partial charge on any atom is -0.489 e. The lowest BCUT2D eigenvalue weighted by Crippen LogP contribution is -2.17. The average Bonchev–Trinajstić information content (AvgIpc) is 3.30. The van der Waals surface area contributed by atoms with E-state index in [1.807, 2.05) is 36.4 Å². The van der Waals surface area contributed by atoms with Crippen LogP contribution in [0.5, 0.6) is 5.75 Å². The molecule has 0 N–H and O–H groups in total. The van der Waals surface area contributed by atoms with Gasteiger partial charge in [-0.1, -0.05) is 70.0 Å². The predicted octanol–water partition coefficient (Wildman–Crippen LogP) is 9.75. The van der Waals surface area contributed by atoms with E-state index in [0.29, 0.717) is 24.3 Å². The van der Waals surface area contributed by atoms with Gasteiger partial charge >= 0.3 is 5.97 Å². The van der Waals surface area contributed by atoms with Crippen LogP contribution < -0.4 is 4.74 Å². The lowest BCUT2D eigenvalue weighted by atomic mass is 9.75. The molecule has 6 heteroatoms. The molecule has 3 aromatic carbocycles. The highest BCUT2D eigenvalue weighted by molar-refractivity contribution is 5.71. The van der Waals surface area contributed by atoms with Gasteiger partial charge in [0.1, 0.15) is 18.2 Å². The van der Waals surface area contributed by atoms with Crippen LogP contribution in [-0.4, -0.2) is 13.1 Å². The van der Waals surface area contributed by atoms with Crippen LogP contribution >= 0.6 is 0 Å². The van der Waals surface area contributed by atoms with Crippen LogP contribution in [0.4, 0.5) is 13.2 Å². The SMILES string of the molecule is CCC[C@@H](CC(=O)OC)c1cccc(OCc2ccc(-c3cc(C(F)F)ccc3F)c([C@@H]3CCCC3(C)C)c2)c1. The summed E-state index contributed by atoms with van der Waals surface area (Å²) in [5.74, 6) is 0.188. The maximum Gasteiger partial charge on any atom is 0.306 e. The fraction of sp³-hybridized carbons (Fsp3) is 0.441. The number of methoxy groups -OCH3 is 1. The van der Waals surface area contributed by atoms with Crippen molar-refractivity contribution in [1.82, 2.24) is 0 Å². The van der Waals surface area contributed by atoms with Crippen molar-refractivity contribution in [2.45, 2.75) is 84.2 Å². The van der Waals surface area contributed by atoms with Gasteiger partial charge in [0.25, 0.3) is 6.43 Å². The molecule has 0 amide bonds. The fourth-order valence-electron chi connectivity index (χ4n) is 6.07. The number of carbonyl (C=O) groups excluding carboxylic acids is 1. The van der Waals surface area contributed by atoms with E-state index in [4.69, 9.17) is 9.47 Å². The highest BCUT2D eigenvalue weighted by Gasteiger charge is 2.37. The monoisotopic (exact) mass is 552 g/mol. The molecule has 3 aromatic rings. The molecule has 0 spiro atoms. The van der Waals surface area contributed by atoms with Gasteiger partial charge in [0.2, 0.25) is 0 Å². The number of benzene rings is 3. The minimum atomic E-state index is -2.67. The third kappa shape index (κ3) is 6.89. The summed E-state index contributed by atoms with van der Waals surface area (Å²) < 4.78 is 53.1. The van der Waals surface area contributed by atoms with Gasteiger partial charge < -0.3 is 9.47 Å². The highest BCUT2D eigenvalue weighted by atomic mass is 19.3. The molecule has 0 unspecified atom stereocenters. The van der Waals surface area contributed by atoms with Crippen molar-refractivity contribution >= 4 is 5.97 Å². The van der Waals surface area contributed by atoms with Gasteiger partial charge in [0.15, 0.2) is 0 Å². The topological polar surface area (TPSA) is 35.5 Å². The Bertz CT molecular complexity index is 1320. The molecule has 40 heavy (non-hydrogen) atoms. The molecule has 1 aliphatic carbocycles. The summed E-state index contributed by atoms with van der Waals surface area (Å²) in [6.45, 7) is 6.83. The van der Waals surface area contributed by atoms with Gasteiger partial charge in [-0.3, -0.25) is 4.79 Å². The Kier molecular flexibility index (Phi) is 9.60. The van der Waals surface area contributed by atoms with Crippen LogP contribution in [0.3, 0.4) is 0 Å². The summed E-state index contributed by atoms with van der Waals surface area (Å²) >= 11 is 0.